The van der Waals surface area contributed by atoms with Gasteiger partial charge in [0.2, 0.25) is 17.7 Å². The van der Waals surface area contributed by atoms with Crippen LogP contribution in [0.4, 0.5) is 4.79 Å². The van der Waals surface area contributed by atoms with Gasteiger partial charge in [0.05, 0.1) is 50.3 Å². The number of piperidine rings is 1. The van der Waals surface area contributed by atoms with E-state index in [0.29, 0.717) is 30.5 Å². The summed E-state index contributed by atoms with van der Waals surface area (Å²) in [5.74, 6) is 0.373. The summed E-state index contributed by atoms with van der Waals surface area (Å²) >= 11 is 0. The number of methoxy groups -OCH3 is 1. The molecule has 8 atom stereocenters. The van der Waals surface area contributed by atoms with Crippen molar-refractivity contribution in [3.05, 3.63) is 23.3 Å². The highest BCUT2D eigenvalue weighted by atomic mass is 16.6. The van der Waals surface area contributed by atoms with Crippen molar-refractivity contribution >= 4 is 29.8 Å². The number of carbonyl (C=O) groups excluding carboxylic acids is 4. The number of nitrogens with zero attached hydrogens (tertiary/aromatic N) is 2. The van der Waals surface area contributed by atoms with Crippen LogP contribution in [0, 0.1) is 17.3 Å². The highest BCUT2D eigenvalue weighted by Gasteiger charge is 2.84. The van der Waals surface area contributed by atoms with E-state index in [2.05, 4.69) is 34.1 Å². The summed E-state index contributed by atoms with van der Waals surface area (Å²) in [4.78, 5) is 54.8. The van der Waals surface area contributed by atoms with Crippen molar-refractivity contribution in [2.45, 2.75) is 113 Å². The predicted octanol–water partition coefficient (Wildman–Crippen LogP) is -0.871. The monoisotopic (exact) mass is 796 g/mol. The number of fused-ring (bicyclic) bond motifs is 2. The molecule has 9 N–H and O–H groups in total. The number of aliphatic hydroxyl groups is 1. The van der Waals surface area contributed by atoms with Crippen LogP contribution < -0.4 is 41.9 Å². The zero-order valence-corrected chi connectivity index (χ0v) is 34.5. The van der Waals surface area contributed by atoms with E-state index in [4.69, 9.17) is 25.7 Å². The number of nitrogens with one attached hydrogen (secondary N) is 4. The molecule has 2 spiro atoms. The predicted molar refractivity (Wildman–Crippen MR) is 210 cm³/mol. The molecule has 2 heterocycles. The van der Waals surface area contributed by atoms with Crippen LogP contribution >= 0.6 is 0 Å². The van der Waals surface area contributed by atoms with Crippen LogP contribution in [0.2, 0.25) is 0 Å². The number of rotatable bonds is 16. The van der Waals surface area contributed by atoms with Crippen LogP contribution in [-0.4, -0.2) is 134 Å². The van der Waals surface area contributed by atoms with Crippen molar-refractivity contribution in [2.75, 3.05) is 60.5 Å². The van der Waals surface area contributed by atoms with Crippen molar-refractivity contribution in [1.82, 2.24) is 20.9 Å². The maximum Gasteiger partial charge on any atom is 0.415 e. The lowest BCUT2D eigenvalue weighted by Gasteiger charge is -2.75. The molecule has 5 aliphatic carbocycles. The highest BCUT2D eigenvalue weighted by molar-refractivity contribution is 5.89. The number of carbonyl (C=O) groups is 4. The average Bonchev–Trinajstić information content (AvgIpc) is 3.89. The highest BCUT2D eigenvalue weighted by Crippen LogP contribution is 2.78. The number of nitrogens with two attached hydrogens (primary N) is 2. The van der Waals surface area contributed by atoms with Gasteiger partial charge in [0.1, 0.15) is 17.7 Å². The maximum atomic E-state index is 13.7. The fourth-order valence-corrected chi connectivity index (χ4v) is 12.0. The van der Waals surface area contributed by atoms with E-state index in [9.17, 15) is 24.3 Å². The number of hydrogen-bond acceptors (Lipinski definition) is 8. The molecule has 2 aliphatic heterocycles. The Balaban J connectivity index is 1.08. The summed E-state index contributed by atoms with van der Waals surface area (Å²) in [5, 5.41) is 19.7. The van der Waals surface area contributed by atoms with Crippen LogP contribution in [0.3, 0.4) is 0 Å². The minimum atomic E-state index is -0.988. The molecule has 1 aromatic carbocycles. The van der Waals surface area contributed by atoms with Crippen LogP contribution in [0.5, 0.6) is 11.5 Å². The second-order valence-electron chi connectivity index (χ2n) is 18.6. The molecule has 4 bridgehead atoms. The Bertz CT molecular complexity index is 1810. The Kier molecular flexibility index (Phi) is 10.7. The quantitative estimate of drug-likeness (QED) is 0.0475. The van der Waals surface area contributed by atoms with Crippen molar-refractivity contribution in [2.24, 2.45) is 28.7 Å². The van der Waals surface area contributed by atoms with E-state index in [1.807, 2.05) is 19.9 Å². The molecule has 5 fully saturated rings. The molecule has 1 saturated heterocycles. The summed E-state index contributed by atoms with van der Waals surface area (Å²) in [7, 11) is 5.84. The minimum Gasteiger partial charge on any atom is -0.482 e. The van der Waals surface area contributed by atoms with Gasteiger partial charge in [-0.2, -0.15) is 0 Å². The molecule has 57 heavy (non-hydrogen) atoms. The van der Waals surface area contributed by atoms with Gasteiger partial charge >= 0.3 is 12.1 Å². The Morgan fingerprint density at radius 1 is 1.16 bits per heavy atom. The van der Waals surface area contributed by atoms with E-state index in [1.54, 1.807) is 14.2 Å². The van der Waals surface area contributed by atoms with Crippen LogP contribution in [0.25, 0.3) is 0 Å². The lowest BCUT2D eigenvalue weighted by atomic mass is 9.33. The molecule has 7 aliphatic rings. The lowest BCUT2D eigenvalue weighted by molar-refractivity contribution is -0.952. The number of ether oxygens (including phenoxy) is 3. The van der Waals surface area contributed by atoms with E-state index >= 15 is 0 Å². The van der Waals surface area contributed by atoms with Crippen LogP contribution in [0.1, 0.15) is 83.3 Å². The third kappa shape index (κ3) is 6.98. The molecule has 1 aromatic rings. The van der Waals surface area contributed by atoms with E-state index in [0.717, 1.165) is 49.0 Å². The first-order valence-corrected chi connectivity index (χ1v) is 20.7. The number of quaternary nitrogens is 1. The van der Waals surface area contributed by atoms with Gasteiger partial charge in [-0.05, 0) is 70.4 Å². The van der Waals surface area contributed by atoms with Gasteiger partial charge in [0, 0.05) is 69.8 Å². The Hall–Kier alpha value is -4.15. The first kappa shape index (κ1) is 41.0. The molecule has 0 aromatic heterocycles. The Morgan fingerprint density at radius 3 is 2.58 bits per heavy atom. The summed E-state index contributed by atoms with van der Waals surface area (Å²) in [5.41, 5.74) is 11.3. The first-order chi connectivity index (χ1) is 26.9. The van der Waals surface area contributed by atoms with Crippen molar-refractivity contribution in [3.8, 4) is 11.5 Å². The first-order valence-electron chi connectivity index (χ1n) is 20.7. The zero-order valence-electron chi connectivity index (χ0n) is 34.5. The maximum absolute atomic E-state index is 13.7. The Labute approximate surface area is 335 Å². The third-order valence-corrected chi connectivity index (χ3v) is 14.6. The third-order valence-electron chi connectivity index (χ3n) is 14.6. The SMILES string of the molecule is CO[C@]12CC[C@@]3(C[C@@H]1C(C)(C)O)[C@@H]1Cc4ccc(OC(=O)N(C)CCNC(=O)[C@H](CCC[NH+]=C(N)N)NC(=O)CNC(C)=O)c5c4[C@@]3(CC[N+]1(C)CC1CC1)[C@H]2O5. The number of benzene rings is 1. The molecule has 16 heteroatoms. The number of guanidine groups is 1. The van der Waals surface area contributed by atoms with Gasteiger partial charge < -0.3 is 44.7 Å². The Morgan fingerprint density at radius 2 is 1.91 bits per heavy atom. The minimum absolute atomic E-state index is 0.0530. The lowest BCUT2D eigenvalue weighted by Crippen LogP contribution is -2.84. The molecule has 4 amide bonds. The van der Waals surface area contributed by atoms with Crippen molar-refractivity contribution in [3.63, 3.8) is 0 Å². The summed E-state index contributed by atoms with van der Waals surface area (Å²) in [6, 6.07) is 3.49. The normalized spacial score (nSPS) is 31.9. The number of hydrogen-bond donors (Lipinski definition) is 7. The fourth-order valence-electron chi connectivity index (χ4n) is 12.0. The number of amides is 4. The van der Waals surface area contributed by atoms with E-state index in [-0.39, 0.29) is 60.8 Å². The zero-order chi connectivity index (χ0) is 41.1. The molecule has 16 nitrogen and oxygen atoms in total. The van der Waals surface area contributed by atoms with E-state index < -0.39 is 35.2 Å². The van der Waals surface area contributed by atoms with Gasteiger partial charge in [-0.25, -0.2) is 4.79 Å². The van der Waals surface area contributed by atoms with Crippen molar-refractivity contribution < 1.29 is 48.0 Å². The molecule has 314 valence electrons. The number of likely N-dealkylation sites (tertiary alicyclic amines) is 1. The van der Waals surface area contributed by atoms with Gasteiger partial charge in [-0.3, -0.25) is 30.8 Å². The van der Waals surface area contributed by atoms with Crippen molar-refractivity contribution in [1.29, 1.82) is 0 Å². The smallest absolute Gasteiger partial charge is 0.415 e. The topological polar surface area (TPSA) is 222 Å². The van der Waals surface area contributed by atoms with Gasteiger partial charge in [0.25, 0.3) is 0 Å². The summed E-state index contributed by atoms with van der Waals surface area (Å²) < 4.78 is 21.0. The van der Waals surface area contributed by atoms with E-state index in [1.165, 1.54) is 42.3 Å². The largest absolute Gasteiger partial charge is 0.482 e. The molecular weight excluding hydrogens is 732 g/mol. The van der Waals surface area contributed by atoms with Gasteiger partial charge in [0.15, 0.2) is 11.5 Å². The summed E-state index contributed by atoms with van der Waals surface area (Å²) in [6.45, 7) is 7.73. The fraction of sp³-hybridized carbons (Fsp3) is 0.732. The molecule has 1 unspecified atom stereocenters. The van der Waals surface area contributed by atoms with Crippen LogP contribution in [0.15, 0.2) is 12.1 Å². The number of likely N-dealkylation sites (N-methyl/N-ethyl adjacent to an activating group) is 2. The molecule has 8 rings (SSSR count). The molecular formula is C41H64N8O8+2. The van der Waals surface area contributed by atoms with Gasteiger partial charge in [-0.15, -0.1) is 0 Å². The second kappa shape index (κ2) is 14.9. The second-order valence-corrected chi connectivity index (χ2v) is 18.6. The molecule has 0 radical (unpaired) electrons. The summed E-state index contributed by atoms with van der Waals surface area (Å²) in [6.07, 6.45) is 6.97. The standard InChI is InChI=1S/C41H62N8O8/c1-24(50)46-22-31(51)47-27(8-7-16-45-36(42)43)34(52)44-17-18-48(4)37(53)56-28-12-11-26-20-30-39-13-14-41(55-6,29(21-39)38(2,3)54)35-40(39,32(26)33(28)57-35)15-19-49(30,5)23-25-9-10-25/h11-12,25,27,29-30,35,54H,7-10,13-23H2,1-6H3,(H6-,42,43,44,45,46,47,50,51,52)/p+2/t27-,29+,30-,35+,39+,40-,41+,49?/m0/s1. The molecule has 4 saturated carbocycles. The van der Waals surface area contributed by atoms with Gasteiger partial charge in [-0.1, -0.05) is 6.07 Å². The average molecular weight is 797 g/mol. The van der Waals surface area contributed by atoms with Crippen LogP contribution in [-0.2, 0) is 31.0 Å².